The predicted octanol–water partition coefficient (Wildman–Crippen LogP) is 6.41. The molecular formula is C26H40O5. The van der Waals surface area contributed by atoms with Gasteiger partial charge in [-0.15, -0.1) is 0 Å². The van der Waals surface area contributed by atoms with Gasteiger partial charge < -0.3 is 9.84 Å². The molecule has 1 N–H and O–H groups in total. The van der Waals surface area contributed by atoms with Crippen molar-refractivity contribution in [3.63, 3.8) is 0 Å². The molecule has 3 atom stereocenters. The van der Waals surface area contributed by atoms with E-state index in [1.807, 2.05) is 19.1 Å². The first-order valence-corrected chi connectivity index (χ1v) is 12.2. The molecule has 174 valence electrons. The Morgan fingerprint density at radius 3 is 2.13 bits per heavy atom. The van der Waals surface area contributed by atoms with E-state index in [9.17, 15) is 9.90 Å². The van der Waals surface area contributed by atoms with Gasteiger partial charge >= 0.3 is 5.97 Å². The van der Waals surface area contributed by atoms with Crippen LogP contribution in [0, 0.1) is 0 Å². The van der Waals surface area contributed by atoms with Crippen molar-refractivity contribution in [1.29, 1.82) is 0 Å². The van der Waals surface area contributed by atoms with Crippen molar-refractivity contribution in [2.75, 3.05) is 0 Å². The van der Waals surface area contributed by atoms with Crippen LogP contribution in [0.15, 0.2) is 24.3 Å². The van der Waals surface area contributed by atoms with Gasteiger partial charge in [0.2, 0.25) is 0 Å². The van der Waals surface area contributed by atoms with Crippen LogP contribution in [0.1, 0.15) is 103 Å². The lowest BCUT2D eigenvalue weighted by atomic mass is 9.82. The van der Waals surface area contributed by atoms with E-state index in [2.05, 4.69) is 6.92 Å². The van der Waals surface area contributed by atoms with Crippen LogP contribution >= 0.6 is 0 Å². The van der Waals surface area contributed by atoms with Crippen LogP contribution in [0.4, 0.5) is 0 Å². The lowest BCUT2D eigenvalue weighted by molar-refractivity contribution is -0.428. The number of aromatic hydroxyl groups is 1. The molecule has 0 saturated carbocycles. The average molecular weight is 433 g/mol. The zero-order valence-corrected chi connectivity index (χ0v) is 19.4. The summed E-state index contributed by atoms with van der Waals surface area (Å²) >= 11 is 0. The number of carbonyl (C=O) groups excluding carboxylic acids is 1. The van der Waals surface area contributed by atoms with Crippen LogP contribution in [0.2, 0.25) is 0 Å². The van der Waals surface area contributed by atoms with Gasteiger partial charge in [0.05, 0.1) is 6.42 Å². The van der Waals surface area contributed by atoms with Crippen molar-refractivity contribution in [3.8, 4) is 5.75 Å². The van der Waals surface area contributed by atoms with Crippen LogP contribution in [0.25, 0.3) is 0 Å². The minimum atomic E-state index is -0.534. The first-order chi connectivity index (χ1) is 14.9. The molecule has 5 nitrogen and oxygen atoms in total. The minimum Gasteiger partial charge on any atom is -0.508 e. The summed E-state index contributed by atoms with van der Waals surface area (Å²) < 4.78 is 5.53. The summed E-state index contributed by atoms with van der Waals surface area (Å²) in [4.78, 5) is 22.8. The maximum atomic E-state index is 11.6. The molecule has 0 aromatic heterocycles. The highest BCUT2D eigenvalue weighted by Gasteiger charge is 2.55. The second-order valence-electron chi connectivity index (χ2n) is 9.99. The molecule has 0 radical (unpaired) electrons. The van der Waals surface area contributed by atoms with Crippen LogP contribution in [0.3, 0.4) is 0 Å². The number of esters is 1. The highest BCUT2D eigenvalue weighted by Crippen LogP contribution is 2.44. The molecule has 3 rings (SSSR count). The fourth-order valence-electron chi connectivity index (χ4n) is 5.00. The Bertz CT molecular complexity index is 688. The summed E-state index contributed by atoms with van der Waals surface area (Å²) in [6.45, 7) is 4.04. The predicted molar refractivity (Wildman–Crippen MR) is 121 cm³/mol. The Morgan fingerprint density at radius 1 is 0.903 bits per heavy atom. The second-order valence-corrected chi connectivity index (χ2v) is 9.99. The normalized spacial score (nSPS) is 27.8. The molecule has 1 aromatic carbocycles. The summed E-state index contributed by atoms with van der Waals surface area (Å²) in [6.07, 6.45) is 15.5. The number of rotatable bonds is 13. The van der Waals surface area contributed by atoms with Crippen molar-refractivity contribution in [2.24, 2.45) is 0 Å². The molecule has 0 amide bonds. The summed E-state index contributed by atoms with van der Waals surface area (Å²) in [5.74, 6) is 0.163. The number of fused-ring (bicyclic) bond motifs is 1. The number of phenols is 1. The molecule has 2 heterocycles. The van der Waals surface area contributed by atoms with Crippen molar-refractivity contribution < 1.29 is 24.4 Å². The van der Waals surface area contributed by atoms with E-state index >= 15 is 0 Å². The summed E-state index contributed by atoms with van der Waals surface area (Å²) in [5.41, 5.74) is 0.416. The number of aryl methyl sites for hydroxylation is 1. The number of ether oxygens (including phenoxy) is 1. The van der Waals surface area contributed by atoms with Crippen LogP contribution in [-0.2, 0) is 25.7 Å². The third-order valence-electron chi connectivity index (χ3n) is 6.83. The second kappa shape index (κ2) is 11.3. The van der Waals surface area contributed by atoms with Gasteiger partial charge in [0.1, 0.15) is 23.1 Å². The summed E-state index contributed by atoms with van der Waals surface area (Å²) in [7, 11) is 0. The largest absolute Gasteiger partial charge is 0.508 e. The summed E-state index contributed by atoms with van der Waals surface area (Å²) in [6, 6.07) is 7.58. The average Bonchev–Trinajstić information content (AvgIpc) is 3.02. The minimum absolute atomic E-state index is 0.183. The van der Waals surface area contributed by atoms with Crippen molar-refractivity contribution >= 4 is 5.97 Å². The number of carbonyl (C=O) groups is 1. The van der Waals surface area contributed by atoms with Gasteiger partial charge in [-0.1, -0.05) is 69.9 Å². The van der Waals surface area contributed by atoms with E-state index in [4.69, 9.17) is 14.5 Å². The first-order valence-electron chi connectivity index (χ1n) is 12.2. The molecule has 0 bridgehead atoms. The van der Waals surface area contributed by atoms with Crippen LogP contribution in [0.5, 0.6) is 5.75 Å². The van der Waals surface area contributed by atoms with E-state index in [1.165, 1.54) is 63.4 Å². The van der Waals surface area contributed by atoms with Gasteiger partial charge in [-0.05, 0) is 50.8 Å². The lowest BCUT2D eigenvalue weighted by Gasteiger charge is -2.43. The van der Waals surface area contributed by atoms with Gasteiger partial charge in [-0.25, -0.2) is 9.78 Å². The van der Waals surface area contributed by atoms with Crippen molar-refractivity contribution in [2.45, 2.75) is 121 Å². The van der Waals surface area contributed by atoms with Crippen LogP contribution < -0.4 is 0 Å². The number of phenolic OH excluding ortho intramolecular Hbond substituents is 1. The van der Waals surface area contributed by atoms with Gasteiger partial charge in [0.25, 0.3) is 0 Å². The Kier molecular flexibility index (Phi) is 8.79. The fourth-order valence-corrected chi connectivity index (χ4v) is 5.00. The third-order valence-corrected chi connectivity index (χ3v) is 6.83. The van der Waals surface area contributed by atoms with E-state index in [0.717, 1.165) is 19.3 Å². The smallest absolute Gasteiger partial charge is 0.309 e. The molecule has 1 aromatic rings. The van der Waals surface area contributed by atoms with Crippen LogP contribution in [-0.4, -0.2) is 28.4 Å². The fraction of sp³-hybridized carbons (Fsp3) is 0.731. The number of hydrogen-bond acceptors (Lipinski definition) is 5. The van der Waals surface area contributed by atoms with Gasteiger partial charge in [0, 0.05) is 6.42 Å². The maximum absolute atomic E-state index is 11.6. The number of benzene rings is 1. The molecular weight excluding hydrogens is 392 g/mol. The molecule has 0 spiro atoms. The maximum Gasteiger partial charge on any atom is 0.309 e. The van der Waals surface area contributed by atoms with E-state index in [1.54, 1.807) is 12.1 Å². The zero-order chi connectivity index (χ0) is 22.2. The molecule has 2 saturated heterocycles. The molecule has 5 heteroatoms. The van der Waals surface area contributed by atoms with Gasteiger partial charge in [-0.2, -0.15) is 0 Å². The molecule has 3 unspecified atom stereocenters. The number of hydrogen-bond donors (Lipinski definition) is 1. The zero-order valence-electron chi connectivity index (χ0n) is 19.4. The molecule has 0 aliphatic carbocycles. The Labute approximate surface area is 187 Å². The molecule has 2 aliphatic rings. The molecule has 31 heavy (non-hydrogen) atoms. The molecule has 2 aliphatic heterocycles. The van der Waals surface area contributed by atoms with Crippen molar-refractivity contribution in [1.82, 2.24) is 0 Å². The van der Waals surface area contributed by atoms with E-state index in [0.29, 0.717) is 18.6 Å². The van der Waals surface area contributed by atoms with E-state index in [-0.39, 0.29) is 17.7 Å². The Hall–Kier alpha value is -1.59. The summed E-state index contributed by atoms with van der Waals surface area (Å²) in [5, 5.41) is 9.31. The number of unbranched alkanes of at least 4 members (excludes halogenated alkanes) is 9. The third kappa shape index (κ3) is 7.50. The lowest BCUT2D eigenvalue weighted by Crippen LogP contribution is -2.51. The van der Waals surface area contributed by atoms with Gasteiger partial charge in [0.15, 0.2) is 0 Å². The van der Waals surface area contributed by atoms with Gasteiger partial charge in [-0.3, -0.25) is 4.79 Å². The first kappa shape index (κ1) is 24.1. The quantitative estimate of drug-likeness (QED) is 0.222. The van der Waals surface area contributed by atoms with Crippen molar-refractivity contribution in [3.05, 3.63) is 29.8 Å². The van der Waals surface area contributed by atoms with E-state index < -0.39 is 5.60 Å². The Balaban J connectivity index is 1.14. The molecule has 2 fully saturated rings. The monoisotopic (exact) mass is 432 g/mol. The standard InChI is InChI=1S/C26H40O5/c1-25(20-26(2)23(30-31-25)19-24(28)29-26)18-12-10-8-6-4-3-5-7-9-11-13-21-14-16-22(27)17-15-21/h14-17,23,27H,3-13,18-20H2,1-2H3. The highest BCUT2D eigenvalue weighted by molar-refractivity contribution is 5.73. The Morgan fingerprint density at radius 2 is 1.48 bits per heavy atom. The topological polar surface area (TPSA) is 65.0 Å². The highest BCUT2D eigenvalue weighted by atomic mass is 17.2. The SMILES string of the molecule is CC1(CCCCCCCCCCCCc2ccc(O)cc2)CC2(C)OC(=O)CC2OO1.